The summed E-state index contributed by atoms with van der Waals surface area (Å²) in [7, 11) is 0. The zero-order valence-corrected chi connectivity index (χ0v) is 24.0. The summed E-state index contributed by atoms with van der Waals surface area (Å²) in [5.41, 5.74) is 4.06. The zero-order chi connectivity index (χ0) is 28.7. The summed E-state index contributed by atoms with van der Waals surface area (Å²) in [4.78, 5) is 38.6. The molecule has 1 unspecified atom stereocenters. The lowest BCUT2D eigenvalue weighted by atomic mass is 9.74. The number of piperidine rings is 1. The van der Waals surface area contributed by atoms with Gasteiger partial charge in [0, 0.05) is 30.1 Å². The Kier molecular flexibility index (Phi) is 10.6. The Balaban J connectivity index is 0.00000462. The first-order valence-corrected chi connectivity index (χ1v) is 13.4. The summed E-state index contributed by atoms with van der Waals surface area (Å²) >= 11 is 0. The number of allylic oxidation sites excluding steroid dienone is 2. The summed E-state index contributed by atoms with van der Waals surface area (Å²) in [5, 5.41) is 27.2. The van der Waals surface area contributed by atoms with Crippen molar-refractivity contribution in [2.75, 3.05) is 26.2 Å². The molecule has 0 spiro atoms. The Hall–Kier alpha value is -4.20. The molecule has 2 N–H and O–H groups in total. The average molecular weight is 579 g/mol. The first-order valence-electron chi connectivity index (χ1n) is 13.4. The monoisotopic (exact) mass is 578 g/mol. The topological polar surface area (TPSA) is 132 Å². The number of nitro benzene ring substituents is 1. The molecule has 2 amide bonds. The van der Waals surface area contributed by atoms with Crippen LogP contribution in [0, 0.1) is 21.4 Å². The molecule has 0 aliphatic carbocycles. The standard InChI is InChI=1S/C30H34N6O4.ClH/c1-22-28(32-20-37)27(24-9-11-26(12-10-24)36(39)40)29(23(2)33-22)35(21-38)16-6-15-34-17-13-30(19-31,14-18-34)25-7-4-3-5-8-25;/h3-5,7-12,20-21,27,33H,6,13-18H2,1-2H3,(H,32,37);1H. The number of nitrogens with one attached hydrogen (secondary N) is 2. The van der Waals surface area contributed by atoms with Crippen LogP contribution in [0.15, 0.2) is 77.4 Å². The number of carbonyl (C=O) groups excluding carboxylic acids is 2. The molecule has 2 heterocycles. The van der Waals surface area contributed by atoms with Gasteiger partial charge in [-0.25, -0.2) is 0 Å². The van der Waals surface area contributed by atoms with E-state index in [2.05, 4.69) is 21.6 Å². The van der Waals surface area contributed by atoms with Gasteiger partial charge in [-0.1, -0.05) is 42.5 Å². The molecule has 4 rings (SSSR count). The SMILES string of the molecule is CC1=C(NC=O)C(c2ccc([N+](=O)[O-])cc2)C(N(C=O)CCCN2CCC(C#N)(c3ccccc3)CC2)=C(C)N1.Cl. The van der Waals surface area contributed by atoms with Gasteiger partial charge in [0.1, 0.15) is 0 Å². The number of rotatable bonds is 11. The summed E-state index contributed by atoms with van der Waals surface area (Å²) in [6.45, 7) is 6.54. The lowest BCUT2D eigenvalue weighted by Crippen LogP contribution is -2.43. The Morgan fingerprint density at radius 3 is 2.34 bits per heavy atom. The average Bonchev–Trinajstić information content (AvgIpc) is 2.98. The van der Waals surface area contributed by atoms with Crippen molar-refractivity contribution in [1.82, 2.24) is 20.4 Å². The van der Waals surface area contributed by atoms with Crippen LogP contribution < -0.4 is 10.6 Å². The van der Waals surface area contributed by atoms with Gasteiger partial charge in [-0.3, -0.25) is 19.7 Å². The van der Waals surface area contributed by atoms with E-state index in [1.54, 1.807) is 17.0 Å². The van der Waals surface area contributed by atoms with Gasteiger partial charge in [0.05, 0.1) is 33.7 Å². The van der Waals surface area contributed by atoms with E-state index in [1.807, 2.05) is 44.2 Å². The number of carbonyl (C=O) groups is 2. The largest absolute Gasteiger partial charge is 0.360 e. The van der Waals surface area contributed by atoms with Gasteiger partial charge in [-0.15, -0.1) is 12.4 Å². The summed E-state index contributed by atoms with van der Waals surface area (Å²) in [6, 6.07) is 18.7. The molecule has 1 saturated heterocycles. The lowest BCUT2D eigenvalue weighted by Gasteiger charge is -2.38. The summed E-state index contributed by atoms with van der Waals surface area (Å²) in [5.74, 6) is -0.491. The highest BCUT2D eigenvalue weighted by Gasteiger charge is 2.36. The molecule has 0 saturated carbocycles. The number of nitrogens with zero attached hydrogens (tertiary/aromatic N) is 4. The van der Waals surface area contributed by atoms with Crippen LogP contribution in [0.2, 0.25) is 0 Å². The maximum absolute atomic E-state index is 12.4. The van der Waals surface area contributed by atoms with Gasteiger partial charge in [0.2, 0.25) is 12.8 Å². The Bertz CT molecular complexity index is 1350. The van der Waals surface area contributed by atoms with E-state index in [0.29, 0.717) is 30.8 Å². The molecule has 2 aliphatic rings. The third-order valence-electron chi connectivity index (χ3n) is 7.94. The van der Waals surface area contributed by atoms with Gasteiger partial charge >= 0.3 is 0 Å². The van der Waals surface area contributed by atoms with E-state index in [9.17, 15) is 25.0 Å². The van der Waals surface area contributed by atoms with Crippen molar-refractivity contribution in [3.8, 4) is 6.07 Å². The molecule has 41 heavy (non-hydrogen) atoms. The predicted octanol–water partition coefficient (Wildman–Crippen LogP) is 4.32. The fourth-order valence-electron chi connectivity index (χ4n) is 5.81. The number of hydrogen-bond donors (Lipinski definition) is 2. The highest BCUT2D eigenvalue weighted by atomic mass is 35.5. The van der Waals surface area contributed by atoms with Crippen molar-refractivity contribution in [1.29, 1.82) is 5.26 Å². The molecule has 2 aromatic rings. The van der Waals surface area contributed by atoms with Gasteiger partial charge in [0.15, 0.2) is 0 Å². The van der Waals surface area contributed by atoms with Gasteiger partial charge in [0.25, 0.3) is 5.69 Å². The second-order valence-corrected chi connectivity index (χ2v) is 10.3. The summed E-state index contributed by atoms with van der Waals surface area (Å²) < 4.78 is 0. The molecule has 216 valence electrons. The smallest absolute Gasteiger partial charge is 0.269 e. The highest BCUT2D eigenvalue weighted by Crippen LogP contribution is 2.39. The molecule has 2 aliphatic heterocycles. The van der Waals surface area contributed by atoms with Crippen LogP contribution in [0.25, 0.3) is 0 Å². The normalized spacial score (nSPS) is 18.4. The molecule has 1 fully saturated rings. The third kappa shape index (κ3) is 6.76. The van der Waals surface area contributed by atoms with E-state index in [1.165, 1.54) is 12.1 Å². The van der Waals surface area contributed by atoms with E-state index < -0.39 is 16.3 Å². The van der Waals surface area contributed by atoms with E-state index in [-0.39, 0.29) is 18.1 Å². The molecule has 10 nitrogen and oxygen atoms in total. The van der Waals surface area contributed by atoms with Crippen LogP contribution in [-0.2, 0) is 15.0 Å². The second kappa shape index (κ2) is 13.9. The van der Waals surface area contributed by atoms with E-state index >= 15 is 0 Å². The minimum Gasteiger partial charge on any atom is -0.360 e. The molecule has 0 radical (unpaired) electrons. The Morgan fingerprint density at radius 1 is 1.12 bits per heavy atom. The van der Waals surface area contributed by atoms with E-state index in [4.69, 9.17) is 0 Å². The Labute approximate surface area is 246 Å². The fraction of sp³-hybridized carbons (Fsp3) is 0.367. The van der Waals surface area contributed by atoms with Crippen LogP contribution in [0.5, 0.6) is 0 Å². The zero-order valence-electron chi connectivity index (χ0n) is 23.2. The highest BCUT2D eigenvalue weighted by molar-refractivity contribution is 5.85. The van der Waals surface area contributed by atoms with Gasteiger partial charge < -0.3 is 20.4 Å². The van der Waals surface area contributed by atoms with Crippen LogP contribution in [0.3, 0.4) is 0 Å². The number of non-ortho nitro benzene ring substituents is 1. The molecular formula is C30H35ClN6O4. The first-order chi connectivity index (χ1) is 19.3. The van der Waals surface area contributed by atoms with Crippen LogP contribution in [0.4, 0.5) is 5.69 Å². The minimum atomic E-state index is -0.491. The molecule has 1 atom stereocenters. The molecule has 11 heteroatoms. The summed E-state index contributed by atoms with van der Waals surface area (Å²) in [6.07, 6.45) is 3.62. The second-order valence-electron chi connectivity index (χ2n) is 10.3. The predicted molar refractivity (Wildman–Crippen MR) is 158 cm³/mol. The van der Waals surface area contributed by atoms with Crippen molar-refractivity contribution < 1.29 is 14.5 Å². The maximum Gasteiger partial charge on any atom is 0.269 e. The van der Waals surface area contributed by atoms with Gasteiger partial charge in [-0.05, 0) is 63.9 Å². The molecule has 2 aromatic carbocycles. The molecule has 0 aromatic heterocycles. The number of dihydropyridines is 1. The fourth-order valence-corrected chi connectivity index (χ4v) is 5.81. The molecule has 0 bridgehead atoms. The van der Waals surface area contributed by atoms with Crippen molar-refractivity contribution in [2.24, 2.45) is 0 Å². The van der Waals surface area contributed by atoms with Crippen molar-refractivity contribution in [2.45, 2.75) is 44.4 Å². The van der Waals surface area contributed by atoms with Crippen LogP contribution in [0.1, 0.15) is 50.2 Å². The van der Waals surface area contributed by atoms with Crippen LogP contribution in [-0.4, -0.2) is 53.7 Å². The van der Waals surface area contributed by atoms with Crippen molar-refractivity contribution in [3.63, 3.8) is 0 Å². The molecular weight excluding hydrogens is 544 g/mol. The van der Waals surface area contributed by atoms with E-state index in [0.717, 1.165) is 61.4 Å². The number of likely N-dealkylation sites (tertiary alicyclic amines) is 1. The van der Waals surface area contributed by atoms with Crippen molar-refractivity contribution >= 4 is 30.9 Å². The lowest BCUT2D eigenvalue weighted by molar-refractivity contribution is -0.384. The number of nitriles is 1. The maximum atomic E-state index is 12.4. The number of hydrogen-bond acceptors (Lipinski definition) is 7. The van der Waals surface area contributed by atoms with Crippen molar-refractivity contribution in [3.05, 3.63) is 98.6 Å². The number of amides is 2. The number of benzene rings is 2. The Morgan fingerprint density at radius 2 is 1.78 bits per heavy atom. The quantitative estimate of drug-likeness (QED) is 0.230. The van der Waals surface area contributed by atoms with Gasteiger partial charge in [-0.2, -0.15) is 5.26 Å². The van der Waals surface area contributed by atoms with Crippen LogP contribution >= 0.6 is 12.4 Å². The third-order valence-corrected chi connectivity index (χ3v) is 7.94. The minimum absolute atomic E-state index is 0. The first kappa shape index (κ1) is 31.3. The number of nitro groups is 1. The number of halogens is 1.